The van der Waals surface area contributed by atoms with Crippen molar-refractivity contribution in [3.05, 3.63) is 34.4 Å². The number of carbonyl (C=O) groups is 1. The van der Waals surface area contributed by atoms with E-state index in [1.807, 2.05) is 18.3 Å². The lowest BCUT2D eigenvalue weighted by Gasteiger charge is -2.02. The zero-order valence-corrected chi connectivity index (χ0v) is 10.8. The Balaban J connectivity index is 2.03. The third-order valence-corrected chi connectivity index (χ3v) is 3.05. The predicted octanol–water partition coefficient (Wildman–Crippen LogP) is 2.49. The fraction of sp³-hybridized carbons (Fsp3) is 0.250. The highest BCUT2D eigenvalue weighted by Gasteiger charge is 2.04. The fourth-order valence-corrected chi connectivity index (χ4v) is 2.08. The normalized spacial score (nSPS) is 10.9. The minimum absolute atomic E-state index is 0.145. The summed E-state index contributed by atoms with van der Waals surface area (Å²) in [5.41, 5.74) is 2.23. The third-order valence-electron chi connectivity index (χ3n) is 2.56. The SMILES string of the molecule is O=C(O)CCNCc1c[nH]c2ccc(Br)cc12. The number of hydrogen-bond donors (Lipinski definition) is 3. The third kappa shape index (κ3) is 3.08. The average Bonchev–Trinajstić information content (AvgIpc) is 2.67. The number of aromatic amines is 1. The lowest BCUT2D eigenvalue weighted by molar-refractivity contribution is -0.136. The first kappa shape index (κ1) is 12.1. The van der Waals surface area contributed by atoms with Crippen molar-refractivity contribution in [2.75, 3.05) is 6.54 Å². The van der Waals surface area contributed by atoms with E-state index in [1.165, 1.54) is 0 Å². The van der Waals surface area contributed by atoms with Gasteiger partial charge in [0.15, 0.2) is 0 Å². The summed E-state index contributed by atoms with van der Waals surface area (Å²) in [4.78, 5) is 13.6. The minimum Gasteiger partial charge on any atom is -0.481 e. The molecular formula is C12H13BrN2O2. The maximum atomic E-state index is 10.4. The summed E-state index contributed by atoms with van der Waals surface area (Å²) in [7, 11) is 0. The molecular weight excluding hydrogens is 284 g/mol. The van der Waals surface area contributed by atoms with Crippen LogP contribution in [-0.2, 0) is 11.3 Å². The van der Waals surface area contributed by atoms with E-state index in [0.29, 0.717) is 13.1 Å². The van der Waals surface area contributed by atoms with Crippen molar-refractivity contribution in [2.24, 2.45) is 0 Å². The predicted molar refractivity (Wildman–Crippen MR) is 70.0 cm³/mol. The number of benzene rings is 1. The smallest absolute Gasteiger partial charge is 0.304 e. The van der Waals surface area contributed by atoms with Crippen LogP contribution in [0.3, 0.4) is 0 Å². The lowest BCUT2D eigenvalue weighted by Crippen LogP contribution is -2.17. The topological polar surface area (TPSA) is 65.1 Å². The molecule has 0 aliphatic heterocycles. The molecule has 4 nitrogen and oxygen atoms in total. The number of fused-ring (bicyclic) bond motifs is 1. The molecule has 0 fully saturated rings. The molecule has 0 atom stereocenters. The highest BCUT2D eigenvalue weighted by molar-refractivity contribution is 9.10. The average molecular weight is 297 g/mol. The standard InChI is InChI=1S/C12H13BrN2O2/c13-9-1-2-11-10(5-9)8(7-15-11)6-14-4-3-12(16)17/h1-2,5,7,14-15H,3-4,6H2,(H,16,17). The summed E-state index contributed by atoms with van der Waals surface area (Å²) in [6, 6.07) is 6.06. The van der Waals surface area contributed by atoms with E-state index in [1.54, 1.807) is 0 Å². The number of nitrogens with one attached hydrogen (secondary N) is 2. The number of H-pyrrole nitrogens is 1. The van der Waals surface area contributed by atoms with Crippen molar-refractivity contribution in [1.82, 2.24) is 10.3 Å². The number of hydrogen-bond acceptors (Lipinski definition) is 2. The molecule has 0 unspecified atom stereocenters. The Kier molecular flexibility index (Phi) is 3.81. The van der Waals surface area contributed by atoms with E-state index < -0.39 is 5.97 Å². The van der Waals surface area contributed by atoms with Gasteiger partial charge in [-0.25, -0.2) is 0 Å². The van der Waals surface area contributed by atoms with Gasteiger partial charge in [0.2, 0.25) is 0 Å². The van der Waals surface area contributed by atoms with Gasteiger partial charge in [-0.05, 0) is 23.8 Å². The first-order chi connectivity index (χ1) is 8.16. The lowest BCUT2D eigenvalue weighted by atomic mass is 10.2. The van der Waals surface area contributed by atoms with Crippen LogP contribution in [0.4, 0.5) is 0 Å². The Morgan fingerprint density at radius 1 is 1.47 bits per heavy atom. The van der Waals surface area contributed by atoms with Crippen molar-refractivity contribution >= 4 is 32.8 Å². The molecule has 1 aromatic heterocycles. The molecule has 0 aliphatic rings. The van der Waals surface area contributed by atoms with Gasteiger partial charge in [-0.15, -0.1) is 0 Å². The van der Waals surface area contributed by atoms with Crippen LogP contribution in [-0.4, -0.2) is 22.6 Å². The molecule has 3 N–H and O–H groups in total. The van der Waals surface area contributed by atoms with Crippen LogP contribution in [0.2, 0.25) is 0 Å². The molecule has 0 spiro atoms. The van der Waals surface area contributed by atoms with Gasteiger partial charge in [-0.3, -0.25) is 4.79 Å². The quantitative estimate of drug-likeness (QED) is 0.743. The summed E-state index contributed by atoms with van der Waals surface area (Å²) in [6.45, 7) is 1.15. The molecule has 0 aliphatic carbocycles. The van der Waals surface area contributed by atoms with Gasteiger partial charge < -0.3 is 15.4 Å². The number of halogens is 1. The maximum absolute atomic E-state index is 10.4. The Bertz CT molecular complexity index is 536. The van der Waals surface area contributed by atoms with Crippen LogP contribution in [0.1, 0.15) is 12.0 Å². The molecule has 5 heteroatoms. The molecule has 90 valence electrons. The summed E-state index contributed by atoms with van der Waals surface area (Å²) in [5, 5.41) is 12.8. The Morgan fingerprint density at radius 3 is 3.06 bits per heavy atom. The van der Waals surface area contributed by atoms with Gasteiger partial charge in [-0.1, -0.05) is 15.9 Å². The molecule has 17 heavy (non-hydrogen) atoms. The molecule has 0 amide bonds. The van der Waals surface area contributed by atoms with Crippen LogP contribution in [0.25, 0.3) is 10.9 Å². The van der Waals surface area contributed by atoms with Gasteiger partial charge in [-0.2, -0.15) is 0 Å². The highest BCUT2D eigenvalue weighted by Crippen LogP contribution is 2.22. The van der Waals surface area contributed by atoms with Gasteiger partial charge >= 0.3 is 5.97 Å². The highest BCUT2D eigenvalue weighted by atomic mass is 79.9. The zero-order valence-electron chi connectivity index (χ0n) is 9.16. The Hall–Kier alpha value is -1.33. The van der Waals surface area contributed by atoms with E-state index in [0.717, 1.165) is 20.9 Å². The van der Waals surface area contributed by atoms with E-state index in [4.69, 9.17) is 5.11 Å². The molecule has 0 saturated carbocycles. The molecule has 1 aromatic carbocycles. The van der Waals surface area contributed by atoms with Crippen LogP contribution in [0.5, 0.6) is 0 Å². The van der Waals surface area contributed by atoms with Crippen molar-refractivity contribution < 1.29 is 9.90 Å². The van der Waals surface area contributed by atoms with Crippen LogP contribution in [0, 0.1) is 0 Å². The van der Waals surface area contributed by atoms with Crippen molar-refractivity contribution in [3.8, 4) is 0 Å². The molecule has 0 radical (unpaired) electrons. The zero-order chi connectivity index (χ0) is 12.3. The number of aromatic nitrogens is 1. The summed E-state index contributed by atoms with van der Waals surface area (Å²) in [5.74, 6) is -0.779. The second-order valence-corrected chi connectivity index (χ2v) is 4.74. The minimum atomic E-state index is -0.779. The van der Waals surface area contributed by atoms with Crippen molar-refractivity contribution in [2.45, 2.75) is 13.0 Å². The van der Waals surface area contributed by atoms with E-state index in [9.17, 15) is 4.79 Å². The van der Waals surface area contributed by atoms with Crippen LogP contribution < -0.4 is 5.32 Å². The summed E-state index contributed by atoms with van der Waals surface area (Å²) < 4.78 is 1.04. The second-order valence-electron chi connectivity index (χ2n) is 3.82. The van der Waals surface area contributed by atoms with Gasteiger partial charge in [0.25, 0.3) is 0 Å². The largest absolute Gasteiger partial charge is 0.481 e. The second kappa shape index (κ2) is 5.33. The maximum Gasteiger partial charge on any atom is 0.304 e. The van der Waals surface area contributed by atoms with Crippen molar-refractivity contribution in [3.63, 3.8) is 0 Å². The molecule has 0 saturated heterocycles. The summed E-state index contributed by atoms with van der Waals surface area (Å²) >= 11 is 3.44. The molecule has 0 bridgehead atoms. The molecule has 1 heterocycles. The van der Waals surface area contributed by atoms with Gasteiger partial charge in [0.1, 0.15) is 0 Å². The summed E-state index contributed by atoms with van der Waals surface area (Å²) in [6.07, 6.45) is 2.09. The van der Waals surface area contributed by atoms with E-state index in [-0.39, 0.29) is 6.42 Å². The van der Waals surface area contributed by atoms with E-state index >= 15 is 0 Å². The van der Waals surface area contributed by atoms with E-state index in [2.05, 4.69) is 32.3 Å². The molecule has 2 aromatic rings. The van der Waals surface area contributed by atoms with Crippen molar-refractivity contribution in [1.29, 1.82) is 0 Å². The first-order valence-corrected chi connectivity index (χ1v) is 6.14. The number of carboxylic acids is 1. The van der Waals surface area contributed by atoms with Gasteiger partial charge in [0, 0.05) is 34.7 Å². The molecule has 2 rings (SSSR count). The number of rotatable bonds is 5. The Labute approximate surface area is 107 Å². The number of aliphatic carboxylic acids is 1. The number of carboxylic acid groups (broad SMARTS) is 1. The Morgan fingerprint density at radius 2 is 2.29 bits per heavy atom. The van der Waals surface area contributed by atoms with Crippen LogP contribution in [0.15, 0.2) is 28.9 Å². The first-order valence-electron chi connectivity index (χ1n) is 5.35. The van der Waals surface area contributed by atoms with Crippen LogP contribution >= 0.6 is 15.9 Å². The monoisotopic (exact) mass is 296 g/mol. The fourth-order valence-electron chi connectivity index (χ4n) is 1.72. The van der Waals surface area contributed by atoms with Gasteiger partial charge in [0.05, 0.1) is 6.42 Å².